The van der Waals surface area contributed by atoms with E-state index in [4.69, 9.17) is 49.0 Å². The fourth-order valence-electron chi connectivity index (χ4n) is 5.39. The molecule has 0 saturated heterocycles. The highest BCUT2D eigenvalue weighted by Gasteiger charge is 2.36. The largest absolute Gasteiger partial charge is 0.495 e. The zero-order valence-electron chi connectivity index (χ0n) is 28.7. The molecular formula is C37H40Cl3N3O7S. The van der Waals surface area contributed by atoms with E-state index in [-0.39, 0.29) is 50.1 Å². The summed E-state index contributed by atoms with van der Waals surface area (Å²) in [5.74, 6) is -0.540. The van der Waals surface area contributed by atoms with Crippen LogP contribution in [0.25, 0.3) is 0 Å². The van der Waals surface area contributed by atoms with Crippen molar-refractivity contribution in [3.8, 4) is 17.2 Å². The number of sulfonamides is 1. The van der Waals surface area contributed by atoms with Crippen LogP contribution in [0.2, 0.25) is 15.1 Å². The molecule has 0 saturated carbocycles. The second kappa shape index (κ2) is 18.4. The van der Waals surface area contributed by atoms with Crippen LogP contribution in [0.3, 0.4) is 0 Å². The number of carbonyl (C=O) groups is 2. The maximum atomic E-state index is 14.8. The molecule has 272 valence electrons. The van der Waals surface area contributed by atoms with Gasteiger partial charge in [-0.2, -0.15) is 0 Å². The number of carbonyl (C=O) groups excluding carboxylic acids is 2. The number of anilines is 1. The van der Waals surface area contributed by atoms with E-state index in [1.807, 2.05) is 37.3 Å². The van der Waals surface area contributed by atoms with Gasteiger partial charge in [-0.1, -0.05) is 84.5 Å². The van der Waals surface area contributed by atoms with Crippen LogP contribution in [0.5, 0.6) is 17.2 Å². The van der Waals surface area contributed by atoms with E-state index in [9.17, 15) is 18.0 Å². The maximum absolute atomic E-state index is 14.8. The van der Waals surface area contributed by atoms with E-state index >= 15 is 0 Å². The molecule has 0 aliphatic heterocycles. The average Bonchev–Trinajstić information content (AvgIpc) is 3.13. The number of amides is 2. The molecule has 0 bridgehead atoms. The van der Waals surface area contributed by atoms with Crippen LogP contribution in [0.15, 0.2) is 89.8 Å². The molecule has 10 nitrogen and oxygen atoms in total. The molecule has 0 aliphatic rings. The van der Waals surface area contributed by atoms with Crippen molar-refractivity contribution < 1.29 is 32.2 Å². The Labute approximate surface area is 314 Å². The first kappa shape index (κ1) is 39.6. The molecule has 1 atom stereocenters. The van der Waals surface area contributed by atoms with Crippen LogP contribution in [-0.2, 0) is 32.6 Å². The molecule has 4 rings (SSSR count). The topological polar surface area (TPSA) is 114 Å². The summed E-state index contributed by atoms with van der Waals surface area (Å²) >= 11 is 19.6. The predicted octanol–water partition coefficient (Wildman–Crippen LogP) is 7.42. The zero-order chi connectivity index (χ0) is 37.1. The lowest BCUT2D eigenvalue weighted by Crippen LogP contribution is -2.53. The Morgan fingerprint density at radius 1 is 0.804 bits per heavy atom. The standard InChI is InChI=1S/C37H40Cl3N3O7S/c1-5-6-19-41-37(45)32(20-25-11-8-7-9-12-25)42(23-28-29(39)13-10-14-30(28)40)36(44)24-43(31-21-26(38)15-17-33(31)48-2)51(46,47)27-16-18-34(49-3)35(22-27)50-4/h7-18,21-22,32H,5-6,19-20,23-24H2,1-4H3,(H,41,45)/t32-/m0/s1. The molecule has 0 unspecified atom stereocenters. The van der Waals surface area contributed by atoms with Crippen LogP contribution in [-0.4, -0.2) is 65.6 Å². The van der Waals surface area contributed by atoms with Gasteiger partial charge in [0, 0.05) is 46.2 Å². The number of methoxy groups -OCH3 is 3. The van der Waals surface area contributed by atoms with Crippen molar-refractivity contribution in [2.24, 2.45) is 0 Å². The summed E-state index contributed by atoms with van der Waals surface area (Å²) in [7, 11) is -0.360. The molecule has 0 fully saturated rings. The molecule has 14 heteroatoms. The van der Waals surface area contributed by atoms with Crippen LogP contribution >= 0.6 is 34.8 Å². The molecule has 1 N–H and O–H groups in total. The first-order valence-corrected chi connectivity index (χ1v) is 18.6. The minimum Gasteiger partial charge on any atom is -0.495 e. The quantitative estimate of drug-likeness (QED) is 0.111. The summed E-state index contributed by atoms with van der Waals surface area (Å²) in [6.07, 6.45) is 1.68. The molecule has 0 heterocycles. The van der Waals surface area contributed by atoms with Gasteiger partial charge in [0.05, 0.1) is 31.9 Å². The van der Waals surface area contributed by atoms with E-state index in [0.29, 0.717) is 17.9 Å². The van der Waals surface area contributed by atoms with Gasteiger partial charge in [0.2, 0.25) is 11.8 Å². The highest BCUT2D eigenvalue weighted by Crippen LogP contribution is 2.37. The normalized spacial score (nSPS) is 11.7. The lowest BCUT2D eigenvalue weighted by Gasteiger charge is -2.34. The maximum Gasteiger partial charge on any atom is 0.265 e. The van der Waals surface area contributed by atoms with Crippen molar-refractivity contribution in [2.45, 2.75) is 43.7 Å². The van der Waals surface area contributed by atoms with Crippen molar-refractivity contribution in [1.29, 1.82) is 0 Å². The Kier molecular flexibility index (Phi) is 14.3. The molecule has 0 aliphatic carbocycles. The second-order valence-electron chi connectivity index (χ2n) is 11.4. The zero-order valence-corrected chi connectivity index (χ0v) is 31.8. The Balaban J connectivity index is 1.90. The number of unbranched alkanes of at least 4 members (excludes halogenated alkanes) is 1. The molecule has 0 aromatic heterocycles. The summed E-state index contributed by atoms with van der Waals surface area (Å²) in [6.45, 7) is 1.42. The van der Waals surface area contributed by atoms with Gasteiger partial charge in [-0.3, -0.25) is 13.9 Å². The summed E-state index contributed by atoms with van der Waals surface area (Å²) in [5, 5.41) is 3.70. The van der Waals surface area contributed by atoms with Gasteiger partial charge in [-0.25, -0.2) is 8.42 Å². The average molecular weight is 777 g/mol. The van der Waals surface area contributed by atoms with Crippen LogP contribution < -0.4 is 23.8 Å². The number of rotatable bonds is 17. The van der Waals surface area contributed by atoms with Crippen LogP contribution in [0.1, 0.15) is 30.9 Å². The molecule has 4 aromatic rings. The molecule has 4 aromatic carbocycles. The minimum atomic E-state index is -4.54. The summed E-state index contributed by atoms with van der Waals surface area (Å²) in [5.41, 5.74) is 1.17. The van der Waals surface area contributed by atoms with Crippen molar-refractivity contribution >= 4 is 62.3 Å². The van der Waals surface area contributed by atoms with Crippen LogP contribution in [0, 0.1) is 0 Å². The lowest BCUT2D eigenvalue weighted by atomic mass is 10.0. The fraction of sp³-hybridized carbons (Fsp3) is 0.297. The van der Waals surface area contributed by atoms with Crippen molar-refractivity contribution in [3.63, 3.8) is 0 Å². The second-order valence-corrected chi connectivity index (χ2v) is 14.5. The third kappa shape index (κ3) is 9.79. The molecule has 2 amide bonds. The van der Waals surface area contributed by atoms with Gasteiger partial charge >= 0.3 is 0 Å². The Hall–Kier alpha value is -4.16. The van der Waals surface area contributed by atoms with Gasteiger partial charge in [0.25, 0.3) is 10.0 Å². The number of hydrogen-bond donors (Lipinski definition) is 1. The number of hydrogen-bond acceptors (Lipinski definition) is 7. The predicted molar refractivity (Wildman–Crippen MR) is 201 cm³/mol. The SMILES string of the molecule is CCCCNC(=O)[C@H](Cc1ccccc1)N(Cc1c(Cl)cccc1Cl)C(=O)CN(c1cc(Cl)ccc1OC)S(=O)(=O)c1ccc(OC)c(OC)c1. The number of halogens is 3. The Bertz CT molecular complexity index is 1910. The summed E-state index contributed by atoms with van der Waals surface area (Å²) < 4.78 is 46.4. The van der Waals surface area contributed by atoms with Gasteiger partial charge in [-0.15, -0.1) is 0 Å². The van der Waals surface area contributed by atoms with Gasteiger partial charge in [0.15, 0.2) is 11.5 Å². The third-order valence-corrected chi connectivity index (χ3v) is 10.8. The van der Waals surface area contributed by atoms with Gasteiger partial charge in [-0.05, 0) is 54.4 Å². The van der Waals surface area contributed by atoms with Crippen molar-refractivity contribution in [1.82, 2.24) is 10.2 Å². The Morgan fingerprint density at radius 2 is 1.45 bits per heavy atom. The van der Waals surface area contributed by atoms with E-state index in [1.54, 1.807) is 18.2 Å². The Morgan fingerprint density at radius 3 is 2.08 bits per heavy atom. The molecular weight excluding hydrogens is 737 g/mol. The van der Waals surface area contributed by atoms with E-state index < -0.39 is 34.4 Å². The summed E-state index contributed by atoms with van der Waals surface area (Å²) in [4.78, 5) is 30.0. The van der Waals surface area contributed by atoms with E-state index in [2.05, 4.69) is 5.32 Å². The summed E-state index contributed by atoms with van der Waals surface area (Å²) in [6, 6.07) is 21.6. The number of ether oxygens (including phenoxy) is 3. The smallest absolute Gasteiger partial charge is 0.265 e. The highest BCUT2D eigenvalue weighted by atomic mass is 35.5. The fourth-order valence-corrected chi connectivity index (χ4v) is 7.51. The number of benzene rings is 4. The number of nitrogens with zero attached hydrogens (tertiary/aromatic N) is 2. The lowest BCUT2D eigenvalue weighted by molar-refractivity contribution is -0.140. The van der Waals surface area contributed by atoms with Gasteiger partial charge < -0.3 is 24.4 Å². The van der Waals surface area contributed by atoms with E-state index in [0.717, 1.165) is 22.7 Å². The van der Waals surface area contributed by atoms with Crippen molar-refractivity contribution in [2.75, 3.05) is 38.7 Å². The van der Waals surface area contributed by atoms with Gasteiger partial charge in [0.1, 0.15) is 18.3 Å². The monoisotopic (exact) mass is 775 g/mol. The third-order valence-electron chi connectivity index (χ3n) is 8.12. The molecule has 0 radical (unpaired) electrons. The first-order chi connectivity index (χ1) is 24.4. The molecule has 51 heavy (non-hydrogen) atoms. The van der Waals surface area contributed by atoms with Crippen LogP contribution in [0.4, 0.5) is 5.69 Å². The number of nitrogens with one attached hydrogen (secondary N) is 1. The highest BCUT2D eigenvalue weighted by molar-refractivity contribution is 7.92. The first-order valence-electron chi connectivity index (χ1n) is 16.1. The minimum absolute atomic E-state index is 0.00383. The van der Waals surface area contributed by atoms with Crippen molar-refractivity contribution in [3.05, 3.63) is 111 Å². The van der Waals surface area contributed by atoms with E-state index in [1.165, 1.54) is 62.6 Å². The molecule has 0 spiro atoms.